The molecule has 3 heterocycles. The predicted molar refractivity (Wildman–Crippen MR) is 111 cm³/mol. The monoisotopic (exact) mass is 431 g/mol. The summed E-state index contributed by atoms with van der Waals surface area (Å²) in [5, 5.41) is 9.00. The summed E-state index contributed by atoms with van der Waals surface area (Å²) in [5.41, 5.74) is 1.40. The maximum atomic E-state index is 12.3. The van der Waals surface area contributed by atoms with Crippen LogP contribution in [0.3, 0.4) is 0 Å². The van der Waals surface area contributed by atoms with Gasteiger partial charge in [-0.05, 0) is 56.5 Å². The fourth-order valence-corrected chi connectivity index (χ4v) is 3.99. The number of hydrogen-bond acceptors (Lipinski definition) is 6. The van der Waals surface area contributed by atoms with Gasteiger partial charge >= 0.3 is 0 Å². The van der Waals surface area contributed by atoms with E-state index in [1.54, 1.807) is 5.38 Å². The molecular weight excluding hydrogens is 409 g/mol. The number of ether oxygens (including phenoxy) is 2. The van der Waals surface area contributed by atoms with Crippen LogP contribution in [0.2, 0.25) is 0 Å². The number of fused-ring (bicyclic) bond motifs is 1. The van der Waals surface area contributed by atoms with E-state index in [1.807, 2.05) is 18.2 Å². The highest BCUT2D eigenvalue weighted by atomic mass is 35.5. The molecule has 1 unspecified atom stereocenters. The molecule has 0 radical (unpaired) electrons. The van der Waals surface area contributed by atoms with Crippen LogP contribution in [0.5, 0.6) is 11.5 Å². The number of thiazole rings is 1. The predicted octanol–water partition coefficient (Wildman–Crippen LogP) is 3.50. The molecule has 0 saturated carbocycles. The topological polar surface area (TPSA) is 72.5 Å². The lowest BCUT2D eigenvalue weighted by Crippen LogP contribution is -2.33. The van der Waals surface area contributed by atoms with Crippen LogP contribution in [0.4, 0.5) is 0 Å². The van der Waals surface area contributed by atoms with Crippen molar-refractivity contribution in [3.63, 3.8) is 0 Å². The van der Waals surface area contributed by atoms with Crippen molar-refractivity contribution in [3.8, 4) is 22.1 Å². The normalized spacial score (nSPS) is 17.6. The highest BCUT2D eigenvalue weighted by molar-refractivity contribution is 7.13. The quantitative estimate of drug-likeness (QED) is 0.757. The van der Waals surface area contributed by atoms with Crippen LogP contribution in [0, 0.1) is 5.92 Å². The van der Waals surface area contributed by atoms with Crippen molar-refractivity contribution in [2.24, 2.45) is 5.92 Å². The van der Waals surface area contributed by atoms with Crippen LogP contribution in [-0.2, 0) is 0 Å². The highest BCUT2D eigenvalue weighted by Crippen LogP contribution is 2.36. The molecule has 0 bridgehead atoms. The van der Waals surface area contributed by atoms with Gasteiger partial charge in [-0.1, -0.05) is 0 Å². The van der Waals surface area contributed by atoms with Gasteiger partial charge in [-0.25, -0.2) is 4.98 Å². The van der Waals surface area contributed by atoms with Crippen molar-refractivity contribution in [2.75, 3.05) is 26.4 Å². The van der Waals surface area contributed by atoms with E-state index in [4.69, 9.17) is 9.47 Å². The van der Waals surface area contributed by atoms with Crippen molar-refractivity contribution < 1.29 is 14.3 Å². The molecule has 1 saturated heterocycles. The number of halogens is 2. The van der Waals surface area contributed by atoms with Gasteiger partial charge in [0, 0.05) is 17.5 Å². The summed E-state index contributed by atoms with van der Waals surface area (Å²) in [5.74, 6) is 2.02. The Labute approximate surface area is 174 Å². The van der Waals surface area contributed by atoms with Gasteiger partial charge in [-0.2, -0.15) is 0 Å². The van der Waals surface area contributed by atoms with Crippen LogP contribution in [0.15, 0.2) is 23.6 Å². The van der Waals surface area contributed by atoms with Gasteiger partial charge < -0.3 is 20.1 Å². The Morgan fingerprint density at radius 3 is 2.96 bits per heavy atom. The van der Waals surface area contributed by atoms with Crippen molar-refractivity contribution in [2.45, 2.75) is 19.3 Å². The Morgan fingerprint density at radius 1 is 1.30 bits per heavy atom. The first-order valence-corrected chi connectivity index (χ1v) is 9.52. The average Bonchev–Trinajstić information content (AvgIpc) is 3.31. The van der Waals surface area contributed by atoms with Crippen LogP contribution >= 0.6 is 36.2 Å². The number of nitrogens with zero attached hydrogens (tertiary/aromatic N) is 1. The molecule has 1 aromatic carbocycles. The van der Waals surface area contributed by atoms with Crippen LogP contribution in [0.25, 0.3) is 10.6 Å². The second kappa shape index (κ2) is 10.1. The molecule has 0 spiro atoms. The third-order valence-electron chi connectivity index (χ3n) is 4.59. The zero-order valence-corrected chi connectivity index (χ0v) is 17.2. The first-order chi connectivity index (χ1) is 12.3. The molecule has 27 heavy (non-hydrogen) atoms. The van der Waals surface area contributed by atoms with Gasteiger partial charge in [0.25, 0.3) is 5.91 Å². The summed E-state index contributed by atoms with van der Waals surface area (Å²) >= 11 is 1.46. The van der Waals surface area contributed by atoms with Gasteiger partial charge in [0.1, 0.15) is 10.7 Å². The number of aromatic nitrogens is 1. The Morgan fingerprint density at radius 2 is 2.15 bits per heavy atom. The lowest BCUT2D eigenvalue weighted by atomic mass is 9.96. The van der Waals surface area contributed by atoms with Crippen molar-refractivity contribution in [1.29, 1.82) is 0 Å². The molecule has 4 rings (SSSR count). The van der Waals surface area contributed by atoms with Crippen LogP contribution < -0.4 is 20.1 Å². The molecule has 2 aliphatic rings. The molecule has 148 valence electrons. The second-order valence-corrected chi connectivity index (χ2v) is 7.22. The minimum atomic E-state index is -0.105. The lowest BCUT2D eigenvalue weighted by Gasteiger charge is -2.22. The first-order valence-electron chi connectivity index (χ1n) is 8.64. The number of carbonyl (C=O) groups excluding carboxylic acids is 1. The van der Waals surface area contributed by atoms with E-state index in [2.05, 4.69) is 15.6 Å². The number of piperidine rings is 1. The zero-order valence-electron chi connectivity index (χ0n) is 14.7. The zero-order chi connectivity index (χ0) is 17.1. The van der Waals surface area contributed by atoms with Crippen molar-refractivity contribution in [1.82, 2.24) is 15.6 Å². The van der Waals surface area contributed by atoms with Crippen molar-refractivity contribution in [3.05, 3.63) is 29.3 Å². The third-order valence-corrected chi connectivity index (χ3v) is 5.48. The summed E-state index contributed by atoms with van der Waals surface area (Å²) in [7, 11) is 0. The Hall–Kier alpha value is -1.54. The van der Waals surface area contributed by atoms with E-state index < -0.39 is 0 Å². The number of carbonyl (C=O) groups is 1. The molecule has 2 aliphatic heterocycles. The van der Waals surface area contributed by atoms with E-state index in [0.29, 0.717) is 18.2 Å². The molecule has 1 aromatic heterocycles. The van der Waals surface area contributed by atoms with Gasteiger partial charge in [0.15, 0.2) is 11.5 Å². The fourth-order valence-electron chi connectivity index (χ4n) is 3.19. The number of nitrogens with one attached hydrogen (secondary N) is 2. The Kier molecular flexibility index (Phi) is 8.16. The van der Waals surface area contributed by atoms with Crippen LogP contribution in [0.1, 0.15) is 29.8 Å². The summed E-state index contributed by atoms with van der Waals surface area (Å²) in [6, 6.07) is 5.71. The summed E-state index contributed by atoms with van der Waals surface area (Å²) in [6.07, 6.45) is 3.48. The van der Waals surface area contributed by atoms with Crippen molar-refractivity contribution >= 4 is 42.1 Å². The Bertz CT molecular complexity index is 766. The minimum Gasteiger partial charge on any atom is -0.454 e. The van der Waals surface area contributed by atoms with E-state index in [0.717, 1.165) is 41.6 Å². The fraction of sp³-hybridized carbons (Fsp3) is 0.444. The molecule has 2 N–H and O–H groups in total. The number of hydrogen-bond donors (Lipinski definition) is 2. The first kappa shape index (κ1) is 21.8. The lowest BCUT2D eigenvalue weighted by molar-refractivity contribution is 0.0946. The van der Waals surface area contributed by atoms with Gasteiger partial charge in [0.05, 0.1) is 0 Å². The standard InChI is InChI=1S/C18H21N3O3S.2ClH/c22-17(20-7-5-12-2-1-6-19-9-12)14-10-25-18(21-14)13-3-4-15-16(8-13)24-11-23-15;;/h3-4,8,10,12,19H,1-2,5-7,9,11H2,(H,20,22);2*1H. The van der Waals surface area contributed by atoms with Gasteiger partial charge in [-0.15, -0.1) is 36.2 Å². The minimum absolute atomic E-state index is 0. The SMILES string of the molecule is Cl.Cl.O=C(NCCC1CCCNC1)c1csc(-c2ccc3c(c2)OCO3)n1. The summed E-state index contributed by atoms with van der Waals surface area (Å²) in [4.78, 5) is 16.8. The average molecular weight is 432 g/mol. The summed E-state index contributed by atoms with van der Waals surface area (Å²) in [6.45, 7) is 3.12. The molecule has 6 nitrogen and oxygen atoms in total. The Balaban J connectivity index is 0.00000131. The van der Waals surface area contributed by atoms with E-state index in [-0.39, 0.29) is 37.5 Å². The maximum Gasteiger partial charge on any atom is 0.270 e. The number of amides is 1. The highest BCUT2D eigenvalue weighted by Gasteiger charge is 2.17. The second-order valence-electron chi connectivity index (χ2n) is 6.36. The molecule has 9 heteroatoms. The molecular formula is C18H23Cl2N3O3S. The van der Waals surface area contributed by atoms with Gasteiger partial charge in [0.2, 0.25) is 6.79 Å². The van der Waals surface area contributed by atoms with Crippen LogP contribution in [-0.4, -0.2) is 37.3 Å². The van der Waals surface area contributed by atoms with E-state index in [9.17, 15) is 4.79 Å². The largest absolute Gasteiger partial charge is 0.454 e. The molecule has 2 aromatic rings. The number of rotatable bonds is 5. The summed E-state index contributed by atoms with van der Waals surface area (Å²) < 4.78 is 10.7. The molecule has 1 atom stereocenters. The molecule has 0 aliphatic carbocycles. The molecule has 1 fully saturated rings. The van der Waals surface area contributed by atoms with Gasteiger partial charge in [-0.3, -0.25) is 4.79 Å². The smallest absolute Gasteiger partial charge is 0.270 e. The third kappa shape index (κ3) is 5.25. The van der Waals surface area contributed by atoms with E-state index in [1.165, 1.54) is 24.2 Å². The van der Waals surface area contributed by atoms with E-state index >= 15 is 0 Å². The number of benzene rings is 1. The maximum absolute atomic E-state index is 12.3. The molecule has 1 amide bonds.